The van der Waals surface area contributed by atoms with Gasteiger partial charge in [-0.3, -0.25) is 4.90 Å². The summed E-state index contributed by atoms with van der Waals surface area (Å²) in [6, 6.07) is 0.900. The standard InChI is InChI=1S/C13H23N3O/c1-4-14-12-6-5-7-16(9-12)11(3)13-15-8-10(2)17-13/h8,11-12,14H,4-7,9H2,1-3H3. The highest BCUT2D eigenvalue weighted by Gasteiger charge is 2.26. The lowest BCUT2D eigenvalue weighted by molar-refractivity contribution is 0.129. The van der Waals surface area contributed by atoms with Crippen LogP contribution in [-0.4, -0.2) is 35.6 Å². The number of oxazole rings is 1. The van der Waals surface area contributed by atoms with Gasteiger partial charge >= 0.3 is 0 Å². The normalized spacial score (nSPS) is 23.8. The molecule has 0 amide bonds. The van der Waals surface area contributed by atoms with Gasteiger partial charge in [0.1, 0.15) is 5.76 Å². The minimum Gasteiger partial charge on any atom is -0.444 e. The van der Waals surface area contributed by atoms with Gasteiger partial charge in [-0.2, -0.15) is 0 Å². The Labute approximate surface area is 103 Å². The maximum atomic E-state index is 5.62. The van der Waals surface area contributed by atoms with Crippen molar-refractivity contribution in [2.75, 3.05) is 19.6 Å². The van der Waals surface area contributed by atoms with Crippen LogP contribution in [0.15, 0.2) is 10.6 Å². The number of nitrogens with zero attached hydrogens (tertiary/aromatic N) is 2. The molecule has 1 aromatic rings. The van der Waals surface area contributed by atoms with E-state index in [0.29, 0.717) is 6.04 Å². The number of hydrogen-bond acceptors (Lipinski definition) is 4. The summed E-state index contributed by atoms with van der Waals surface area (Å²) in [4.78, 5) is 6.79. The van der Waals surface area contributed by atoms with E-state index in [4.69, 9.17) is 4.42 Å². The predicted molar refractivity (Wildman–Crippen MR) is 67.9 cm³/mol. The van der Waals surface area contributed by atoms with E-state index in [0.717, 1.165) is 31.3 Å². The summed E-state index contributed by atoms with van der Waals surface area (Å²) in [6.45, 7) is 9.58. The van der Waals surface area contributed by atoms with Crippen molar-refractivity contribution in [3.8, 4) is 0 Å². The quantitative estimate of drug-likeness (QED) is 0.871. The highest BCUT2D eigenvalue weighted by Crippen LogP contribution is 2.23. The first-order valence-electron chi connectivity index (χ1n) is 6.60. The number of likely N-dealkylation sites (tertiary alicyclic amines) is 1. The Kier molecular flexibility index (Phi) is 4.18. The SMILES string of the molecule is CCNC1CCCN(C(C)c2ncc(C)o2)C1. The van der Waals surface area contributed by atoms with Crippen molar-refractivity contribution in [3.05, 3.63) is 17.8 Å². The summed E-state index contributed by atoms with van der Waals surface area (Å²) in [6.07, 6.45) is 4.33. The summed E-state index contributed by atoms with van der Waals surface area (Å²) in [5.74, 6) is 1.74. The van der Waals surface area contributed by atoms with Crippen molar-refractivity contribution in [1.29, 1.82) is 0 Å². The van der Waals surface area contributed by atoms with Crippen LogP contribution in [0.1, 0.15) is 44.4 Å². The molecule has 0 spiro atoms. The monoisotopic (exact) mass is 237 g/mol. The average molecular weight is 237 g/mol. The van der Waals surface area contributed by atoms with Gasteiger partial charge in [0.25, 0.3) is 0 Å². The van der Waals surface area contributed by atoms with Crippen LogP contribution < -0.4 is 5.32 Å². The highest BCUT2D eigenvalue weighted by atomic mass is 16.4. The molecule has 1 aliphatic heterocycles. The molecule has 17 heavy (non-hydrogen) atoms. The molecule has 0 radical (unpaired) electrons. The molecule has 1 N–H and O–H groups in total. The van der Waals surface area contributed by atoms with Crippen LogP contribution >= 0.6 is 0 Å². The second-order valence-corrected chi connectivity index (χ2v) is 4.88. The Bertz CT molecular complexity index is 348. The average Bonchev–Trinajstić information content (AvgIpc) is 2.76. The third-order valence-corrected chi connectivity index (χ3v) is 3.49. The van der Waals surface area contributed by atoms with E-state index in [-0.39, 0.29) is 6.04 Å². The number of piperidine rings is 1. The Balaban J connectivity index is 1.97. The van der Waals surface area contributed by atoms with Crippen molar-refractivity contribution in [2.24, 2.45) is 0 Å². The van der Waals surface area contributed by atoms with E-state index in [1.165, 1.54) is 12.8 Å². The van der Waals surface area contributed by atoms with Gasteiger partial charge in [0, 0.05) is 12.6 Å². The number of likely N-dealkylation sites (N-methyl/N-ethyl adjacent to an activating group) is 1. The zero-order valence-electron chi connectivity index (χ0n) is 11.1. The number of hydrogen-bond donors (Lipinski definition) is 1. The molecule has 2 atom stereocenters. The van der Waals surface area contributed by atoms with E-state index < -0.39 is 0 Å². The largest absolute Gasteiger partial charge is 0.444 e. The fraction of sp³-hybridized carbons (Fsp3) is 0.769. The van der Waals surface area contributed by atoms with Crippen molar-refractivity contribution in [2.45, 2.75) is 45.7 Å². The van der Waals surface area contributed by atoms with Crippen LogP contribution in [0, 0.1) is 6.92 Å². The molecular weight excluding hydrogens is 214 g/mol. The van der Waals surface area contributed by atoms with Gasteiger partial charge in [-0.05, 0) is 39.8 Å². The van der Waals surface area contributed by atoms with Crippen molar-refractivity contribution in [1.82, 2.24) is 15.2 Å². The summed E-state index contributed by atoms with van der Waals surface area (Å²) in [5, 5.41) is 3.53. The van der Waals surface area contributed by atoms with E-state index in [1.807, 2.05) is 6.92 Å². The minimum atomic E-state index is 0.283. The third-order valence-electron chi connectivity index (χ3n) is 3.49. The maximum absolute atomic E-state index is 5.62. The molecule has 96 valence electrons. The number of rotatable bonds is 4. The molecule has 0 saturated carbocycles. The molecular formula is C13H23N3O. The molecule has 1 saturated heterocycles. The number of aromatic nitrogens is 1. The van der Waals surface area contributed by atoms with Gasteiger partial charge in [-0.25, -0.2) is 4.98 Å². The molecule has 1 aliphatic rings. The Hall–Kier alpha value is -0.870. The molecule has 0 aliphatic carbocycles. The lowest BCUT2D eigenvalue weighted by atomic mass is 10.0. The number of aryl methyl sites for hydroxylation is 1. The zero-order chi connectivity index (χ0) is 12.3. The summed E-state index contributed by atoms with van der Waals surface area (Å²) in [5.41, 5.74) is 0. The molecule has 0 aromatic carbocycles. The number of nitrogens with one attached hydrogen (secondary N) is 1. The molecule has 2 heterocycles. The molecule has 1 fully saturated rings. The van der Waals surface area contributed by atoms with Crippen LogP contribution in [0.5, 0.6) is 0 Å². The van der Waals surface area contributed by atoms with Crippen molar-refractivity contribution >= 4 is 0 Å². The third kappa shape index (κ3) is 3.07. The van der Waals surface area contributed by atoms with Gasteiger partial charge in [0.05, 0.1) is 12.2 Å². The molecule has 1 aromatic heterocycles. The topological polar surface area (TPSA) is 41.3 Å². The van der Waals surface area contributed by atoms with Crippen LogP contribution in [-0.2, 0) is 0 Å². The van der Waals surface area contributed by atoms with Crippen molar-refractivity contribution < 1.29 is 4.42 Å². The van der Waals surface area contributed by atoms with E-state index >= 15 is 0 Å². The van der Waals surface area contributed by atoms with E-state index in [2.05, 4.69) is 29.0 Å². The highest BCUT2D eigenvalue weighted by molar-refractivity contribution is 4.96. The van der Waals surface area contributed by atoms with Gasteiger partial charge in [-0.15, -0.1) is 0 Å². The predicted octanol–water partition coefficient (Wildman–Crippen LogP) is 2.12. The van der Waals surface area contributed by atoms with E-state index in [1.54, 1.807) is 6.20 Å². The maximum Gasteiger partial charge on any atom is 0.211 e. The summed E-state index contributed by atoms with van der Waals surface area (Å²) in [7, 11) is 0. The van der Waals surface area contributed by atoms with Crippen LogP contribution in [0.25, 0.3) is 0 Å². The lowest BCUT2D eigenvalue weighted by Gasteiger charge is -2.35. The van der Waals surface area contributed by atoms with Crippen LogP contribution in [0.3, 0.4) is 0 Å². The Morgan fingerprint density at radius 1 is 1.65 bits per heavy atom. The first kappa shape index (κ1) is 12.6. The second-order valence-electron chi connectivity index (χ2n) is 4.88. The molecule has 2 rings (SSSR count). The fourth-order valence-electron chi connectivity index (χ4n) is 2.53. The minimum absolute atomic E-state index is 0.283. The Morgan fingerprint density at radius 2 is 2.47 bits per heavy atom. The smallest absolute Gasteiger partial charge is 0.211 e. The van der Waals surface area contributed by atoms with Gasteiger partial charge in [-0.1, -0.05) is 6.92 Å². The van der Waals surface area contributed by atoms with Gasteiger partial charge in [0.15, 0.2) is 0 Å². The summed E-state index contributed by atoms with van der Waals surface area (Å²) < 4.78 is 5.62. The second kappa shape index (κ2) is 5.65. The molecule has 4 nitrogen and oxygen atoms in total. The summed E-state index contributed by atoms with van der Waals surface area (Å²) >= 11 is 0. The van der Waals surface area contributed by atoms with Crippen molar-refractivity contribution in [3.63, 3.8) is 0 Å². The first-order valence-corrected chi connectivity index (χ1v) is 6.60. The molecule has 0 bridgehead atoms. The first-order chi connectivity index (χ1) is 8.20. The van der Waals surface area contributed by atoms with Gasteiger partial charge in [0.2, 0.25) is 5.89 Å². The van der Waals surface area contributed by atoms with Crippen LogP contribution in [0.4, 0.5) is 0 Å². The fourth-order valence-corrected chi connectivity index (χ4v) is 2.53. The molecule has 2 unspecified atom stereocenters. The van der Waals surface area contributed by atoms with Gasteiger partial charge < -0.3 is 9.73 Å². The molecule has 4 heteroatoms. The lowest BCUT2D eigenvalue weighted by Crippen LogP contribution is -2.46. The van der Waals surface area contributed by atoms with Crippen LogP contribution in [0.2, 0.25) is 0 Å². The Morgan fingerprint density at radius 3 is 3.12 bits per heavy atom. The zero-order valence-corrected chi connectivity index (χ0v) is 11.1. The van der Waals surface area contributed by atoms with E-state index in [9.17, 15) is 0 Å².